The molecule has 0 aliphatic rings. The van der Waals surface area contributed by atoms with Gasteiger partial charge in [0.05, 0.1) is 16.8 Å². The highest BCUT2D eigenvalue weighted by Crippen LogP contribution is 2.25. The Morgan fingerprint density at radius 1 is 1.05 bits per heavy atom. The molecule has 2 N–H and O–H groups in total. The zero-order chi connectivity index (χ0) is 30.3. The smallest absolute Gasteiger partial charge is 0.412 e. The number of hydrogen-bond donors (Lipinski definition) is 2. The number of aromatic nitrogens is 2. The Kier molecular flexibility index (Phi) is 9.57. The van der Waals surface area contributed by atoms with Gasteiger partial charge in [0.2, 0.25) is 5.91 Å². The minimum absolute atomic E-state index is 0.00520. The number of hydrogen-bond acceptors (Lipinski definition) is 8. The summed E-state index contributed by atoms with van der Waals surface area (Å²) >= 11 is 0. The molecule has 4 rings (SSSR count). The van der Waals surface area contributed by atoms with Crippen molar-refractivity contribution in [2.24, 2.45) is 0 Å². The van der Waals surface area contributed by atoms with E-state index in [-0.39, 0.29) is 17.3 Å². The van der Waals surface area contributed by atoms with Crippen LogP contribution >= 0.6 is 0 Å². The highest BCUT2D eigenvalue weighted by molar-refractivity contribution is 5.93. The van der Waals surface area contributed by atoms with Crippen LogP contribution in [0, 0.1) is 6.92 Å². The molecule has 2 heterocycles. The number of carbonyl (C=O) groups is 2. The third-order valence-electron chi connectivity index (χ3n) is 6.76. The molecular formula is C32H37N5O5. The van der Waals surface area contributed by atoms with Gasteiger partial charge >= 0.3 is 11.7 Å². The van der Waals surface area contributed by atoms with Gasteiger partial charge in [-0.2, -0.15) is 4.98 Å². The summed E-state index contributed by atoms with van der Waals surface area (Å²) in [6.07, 6.45) is 4.06. The first-order valence-electron chi connectivity index (χ1n) is 13.9. The van der Waals surface area contributed by atoms with Crippen molar-refractivity contribution in [3.63, 3.8) is 0 Å². The normalized spacial score (nSPS) is 12.0. The molecule has 1 unspecified atom stereocenters. The Morgan fingerprint density at radius 3 is 2.45 bits per heavy atom. The van der Waals surface area contributed by atoms with Crippen molar-refractivity contribution in [1.29, 1.82) is 0 Å². The van der Waals surface area contributed by atoms with Crippen LogP contribution in [-0.2, 0) is 16.0 Å². The molecule has 0 fully saturated rings. The summed E-state index contributed by atoms with van der Waals surface area (Å²) in [7, 11) is 1.81. The SMILES string of the molecule is Cc1c(NC(=O)OC(C)(C)C)ccc2nc(NCCC(C(=O)N(C)CCc3ccncc3)c3ccccc3)oc(=O)c12. The Labute approximate surface area is 245 Å². The van der Waals surface area contributed by atoms with E-state index in [0.29, 0.717) is 36.3 Å². The van der Waals surface area contributed by atoms with Crippen LogP contribution in [0.25, 0.3) is 10.9 Å². The minimum Gasteiger partial charge on any atom is -0.444 e. The van der Waals surface area contributed by atoms with Gasteiger partial charge in [-0.1, -0.05) is 30.3 Å². The average Bonchev–Trinajstić information content (AvgIpc) is 2.95. The fourth-order valence-corrected chi connectivity index (χ4v) is 4.61. The first-order chi connectivity index (χ1) is 20.0. The van der Waals surface area contributed by atoms with Gasteiger partial charge in [-0.3, -0.25) is 15.1 Å². The lowest BCUT2D eigenvalue weighted by Gasteiger charge is -2.24. The van der Waals surface area contributed by atoms with Crippen LogP contribution < -0.4 is 16.3 Å². The number of carbonyl (C=O) groups excluding carboxylic acids is 2. The van der Waals surface area contributed by atoms with Crippen molar-refractivity contribution in [3.8, 4) is 0 Å². The van der Waals surface area contributed by atoms with Crippen LogP contribution in [-0.4, -0.2) is 52.6 Å². The van der Waals surface area contributed by atoms with Crippen LogP contribution in [0.15, 0.2) is 76.2 Å². The van der Waals surface area contributed by atoms with Crippen molar-refractivity contribution in [3.05, 3.63) is 94.1 Å². The van der Waals surface area contributed by atoms with Gasteiger partial charge in [0, 0.05) is 38.2 Å². The van der Waals surface area contributed by atoms with Gasteiger partial charge in [0.15, 0.2) is 0 Å². The second-order valence-electron chi connectivity index (χ2n) is 11.1. The molecule has 0 aliphatic carbocycles. The minimum atomic E-state index is -0.657. The Hall–Kier alpha value is -4.73. The molecule has 4 aromatic rings. The number of nitrogens with one attached hydrogen (secondary N) is 2. The van der Waals surface area contributed by atoms with Crippen molar-refractivity contribution in [2.75, 3.05) is 30.8 Å². The van der Waals surface area contributed by atoms with Gasteiger partial charge in [-0.05, 0) is 81.5 Å². The summed E-state index contributed by atoms with van der Waals surface area (Å²) in [4.78, 5) is 48.9. The number of ether oxygens (including phenoxy) is 1. The summed E-state index contributed by atoms with van der Waals surface area (Å²) < 4.78 is 10.8. The maximum Gasteiger partial charge on any atom is 0.412 e. The van der Waals surface area contributed by atoms with Crippen LogP contribution in [0.2, 0.25) is 0 Å². The van der Waals surface area contributed by atoms with Crippen molar-refractivity contribution in [1.82, 2.24) is 14.9 Å². The molecular weight excluding hydrogens is 534 g/mol. The molecule has 0 saturated carbocycles. The maximum atomic E-state index is 13.5. The van der Waals surface area contributed by atoms with Gasteiger partial charge in [0.1, 0.15) is 5.60 Å². The lowest BCUT2D eigenvalue weighted by atomic mass is 9.94. The Balaban J connectivity index is 1.45. The standard InChI is InChI=1S/C32H37N5O5/c1-21-25(36-31(40)42-32(2,3)4)11-12-26-27(21)29(39)41-30(35-26)34-19-15-24(23-9-7-6-8-10-23)28(38)37(5)20-16-22-13-17-33-18-14-22/h6-14,17-18,24H,15-16,19-20H2,1-5H3,(H,34,35)(H,36,40). The molecule has 0 spiro atoms. The van der Waals surface area contributed by atoms with Crippen molar-refractivity contribution < 1.29 is 18.7 Å². The fraction of sp³-hybridized carbons (Fsp3) is 0.344. The zero-order valence-electron chi connectivity index (χ0n) is 24.6. The van der Waals surface area contributed by atoms with E-state index in [1.165, 1.54) is 0 Å². The molecule has 0 saturated heterocycles. The summed E-state index contributed by atoms with van der Waals surface area (Å²) in [5, 5.41) is 6.02. The molecule has 0 radical (unpaired) electrons. The second kappa shape index (κ2) is 13.3. The number of pyridine rings is 1. The van der Waals surface area contributed by atoms with Crippen molar-refractivity contribution >= 4 is 34.6 Å². The number of nitrogens with zero attached hydrogens (tertiary/aromatic N) is 3. The summed E-state index contributed by atoms with van der Waals surface area (Å²) in [6, 6.07) is 16.9. The van der Waals surface area contributed by atoms with E-state index in [2.05, 4.69) is 20.6 Å². The molecule has 10 nitrogen and oxygen atoms in total. The number of likely N-dealkylation sites (N-methyl/N-ethyl adjacent to an activating group) is 1. The van der Waals surface area contributed by atoms with E-state index >= 15 is 0 Å². The Bertz CT molecular complexity index is 1580. The lowest BCUT2D eigenvalue weighted by Crippen LogP contribution is -2.34. The largest absolute Gasteiger partial charge is 0.444 e. The first kappa shape index (κ1) is 30.2. The molecule has 42 heavy (non-hydrogen) atoms. The van der Waals surface area contributed by atoms with Crippen molar-refractivity contribution in [2.45, 2.75) is 52.1 Å². The predicted octanol–water partition coefficient (Wildman–Crippen LogP) is 5.53. The average molecular weight is 572 g/mol. The fourth-order valence-electron chi connectivity index (χ4n) is 4.61. The topological polar surface area (TPSA) is 127 Å². The second-order valence-corrected chi connectivity index (χ2v) is 11.1. The van der Waals surface area contributed by atoms with E-state index < -0.39 is 23.2 Å². The first-order valence-corrected chi connectivity index (χ1v) is 13.9. The van der Waals surface area contributed by atoms with E-state index in [4.69, 9.17) is 9.15 Å². The van der Waals surface area contributed by atoms with E-state index in [0.717, 1.165) is 17.5 Å². The third kappa shape index (κ3) is 7.93. The van der Waals surface area contributed by atoms with Crippen LogP contribution in [0.3, 0.4) is 0 Å². The van der Waals surface area contributed by atoms with Crippen LogP contribution in [0.1, 0.15) is 49.8 Å². The highest BCUT2D eigenvalue weighted by atomic mass is 16.6. The lowest BCUT2D eigenvalue weighted by molar-refractivity contribution is -0.131. The number of fused-ring (bicyclic) bond motifs is 1. The van der Waals surface area contributed by atoms with Crippen LogP contribution in [0.4, 0.5) is 16.5 Å². The monoisotopic (exact) mass is 571 g/mol. The molecule has 0 aliphatic heterocycles. The number of rotatable bonds is 10. The number of benzene rings is 2. The predicted molar refractivity (Wildman–Crippen MR) is 163 cm³/mol. The highest BCUT2D eigenvalue weighted by Gasteiger charge is 2.24. The maximum absolute atomic E-state index is 13.5. The summed E-state index contributed by atoms with van der Waals surface area (Å²) in [5.74, 6) is -0.386. The van der Waals surface area contributed by atoms with Gasteiger partial charge in [-0.15, -0.1) is 0 Å². The molecule has 1 atom stereocenters. The molecule has 220 valence electrons. The van der Waals surface area contributed by atoms with E-state index in [1.807, 2.05) is 49.5 Å². The van der Waals surface area contributed by atoms with Gasteiger partial charge in [-0.25, -0.2) is 9.59 Å². The molecule has 10 heteroatoms. The van der Waals surface area contributed by atoms with E-state index in [1.54, 1.807) is 57.1 Å². The number of aryl methyl sites for hydroxylation is 1. The Morgan fingerprint density at radius 2 is 1.76 bits per heavy atom. The van der Waals surface area contributed by atoms with Gasteiger partial charge in [0.25, 0.3) is 6.01 Å². The van der Waals surface area contributed by atoms with E-state index in [9.17, 15) is 14.4 Å². The number of amides is 2. The molecule has 2 aromatic heterocycles. The summed E-state index contributed by atoms with van der Waals surface area (Å²) in [6.45, 7) is 7.95. The molecule has 0 bridgehead atoms. The number of anilines is 2. The van der Waals surface area contributed by atoms with Crippen LogP contribution in [0.5, 0.6) is 0 Å². The third-order valence-corrected chi connectivity index (χ3v) is 6.76. The molecule has 2 aromatic carbocycles. The summed E-state index contributed by atoms with van der Waals surface area (Å²) in [5.41, 5.74) is 2.17. The van der Waals surface area contributed by atoms with Gasteiger partial charge < -0.3 is 19.4 Å². The zero-order valence-corrected chi connectivity index (χ0v) is 24.6. The molecule has 2 amide bonds. The quantitative estimate of drug-likeness (QED) is 0.255.